The van der Waals surface area contributed by atoms with E-state index in [1.807, 2.05) is 18.2 Å². The predicted molar refractivity (Wildman–Crippen MR) is 64.6 cm³/mol. The third-order valence-corrected chi connectivity index (χ3v) is 2.06. The summed E-state index contributed by atoms with van der Waals surface area (Å²) in [5.74, 6) is 0. The van der Waals surface area contributed by atoms with Crippen molar-refractivity contribution in [3.05, 3.63) is 41.5 Å². The monoisotopic (exact) mass is 205 g/mol. The third kappa shape index (κ3) is 5.35. The molecule has 1 rings (SSSR count). The van der Waals surface area contributed by atoms with Crippen molar-refractivity contribution in [1.29, 1.82) is 0 Å². The molecular formula is C13H19NO. The fourth-order valence-electron chi connectivity index (χ4n) is 1.36. The van der Waals surface area contributed by atoms with E-state index in [0.717, 1.165) is 6.54 Å². The van der Waals surface area contributed by atoms with Crippen LogP contribution in [0.5, 0.6) is 0 Å². The Morgan fingerprint density at radius 1 is 1.40 bits per heavy atom. The highest BCUT2D eigenvalue weighted by Crippen LogP contribution is 2.04. The van der Waals surface area contributed by atoms with E-state index >= 15 is 0 Å². The molecule has 0 aliphatic heterocycles. The molecule has 1 aromatic rings. The first-order valence-corrected chi connectivity index (χ1v) is 5.29. The SMILES string of the molecule is C/C(=C\c1ccccc1)CNC[C@H](C)O. The first kappa shape index (κ1) is 12.0. The van der Waals surface area contributed by atoms with E-state index in [2.05, 4.69) is 30.4 Å². The van der Waals surface area contributed by atoms with Gasteiger partial charge in [0, 0.05) is 13.1 Å². The summed E-state index contributed by atoms with van der Waals surface area (Å²) >= 11 is 0. The Hall–Kier alpha value is -1.12. The van der Waals surface area contributed by atoms with Crippen LogP contribution in [0, 0.1) is 0 Å². The van der Waals surface area contributed by atoms with Crippen LogP contribution in [-0.4, -0.2) is 24.3 Å². The Balaban J connectivity index is 2.40. The molecule has 0 heterocycles. The fraction of sp³-hybridized carbons (Fsp3) is 0.385. The minimum absolute atomic E-state index is 0.283. The molecule has 1 aromatic carbocycles. The summed E-state index contributed by atoms with van der Waals surface area (Å²) in [5.41, 5.74) is 2.48. The van der Waals surface area contributed by atoms with E-state index in [9.17, 15) is 0 Å². The lowest BCUT2D eigenvalue weighted by molar-refractivity contribution is 0.192. The van der Waals surface area contributed by atoms with Crippen molar-refractivity contribution in [2.45, 2.75) is 20.0 Å². The summed E-state index contributed by atoms with van der Waals surface area (Å²) < 4.78 is 0. The van der Waals surface area contributed by atoms with E-state index in [4.69, 9.17) is 5.11 Å². The minimum atomic E-state index is -0.283. The quantitative estimate of drug-likeness (QED) is 0.771. The molecule has 0 aliphatic carbocycles. The Morgan fingerprint density at radius 3 is 2.67 bits per heavy atom. The molecule has 0 saturated heterocycles. The number of benzene rings is 1. The highest BCUT2D eigenvalue weighted by molar-refractivity contribution is 5.52. The lowest BCUT2D eigenvalue weighted by Crippen LogP contribution is -2.25. The van der Waals surface area contributed by atoms with Crippen molar-refractivity contribution in [2.24, 2.45) is 0 Å². The summed E-state index contributed by atoms with van der Waals surface area (Å²) in [5, 5.41) is 12.3. The van der Waals surface area contributed by atoms with Crippen molar-refractivity contribution in [1.82, 2.24) is 5.32 Å². The van der Waals surface area contributed by atoms with Gasteiger partial charge in [-0.15, -0.1) is 0 Å². The maximum Gasteiger partial charge on any atom is 0.0636 e. The standard InChI is InChI=1S/C13H19NO/c1-11(9-14-10-12(2)15)8-13-6-4-3-5-7-13/h3-8,12,14-15H,9-10H2,1-2H3/b11-8+/t12-/m0/s1. The number of aliphatic hydroxyl groups is 1. The number of nitrogens with one attached hydrogen (secondary N) is 1. The Labute approximate surface area is 91.6 Å². The van der Waals surface area contributed by atoms with Gasteiger partial charge in [-0.1, -0.05) is 42.0 Å². The van der Waals surface area contributed by atoms with Crippen molar-refractivity contribution in [3.8, 4) is 0 Å². The Kier molecular flexibility index (Phi) is 5.08. The van der Waals surface area contributed by atoms with E-state index in [1.54, 1.807) is 6.92 Å². The van der Waals surface area contributed by atoms with Gasteiger partial charge in [-0.3, -0.25) is 0 Å². The van der Waals surface area contributed by atoms with Crippen LogP contribution in [-0.2, 0) is 0 Å². The average Bonchev–Trinajstić information content (AvgIpc) is 2.18. The first-order chi connectivity index (χ1) is 7.18. The second-order valence-corrected chi connectivity index (χ2v) is 3.88. The molecule has 0 bridgehead atoms. The van der Waals surface area contributed by atoms with Gasteiger partial charge in [0.1, 0.15) is 0 Å². The van der Waals surface area contributed by atoms with Gasteiger partial charge in [0.25, 0.3) is 0 Å². The molecule has 0 aromatic heterocycles. The van der Waals surface area contributed by atoms with Gasteiger partial charge >= 0.3 is 0 Å². The van der Waals surface area contributed by atoms with Crippen LogP contribution in [0.15, 0.2) is 35.9 Å². The van der Waals surface area contributed by atoms with Crippen LogP contribution in [0.25, 0.3) is 6.08 Å². The second kappa shape index (κ2) is 6.38. The molecule has 0 unspecified atom stereocenters. The van der Waals surface area contributed by atoms with E-state index in [1.165, 1.54) is 11.1 Å². The van der Waals surface area contributed by atoms with Gasteiger partial charge in [0.05, 0.1) is 6.10 Å². The average molecular weight is 205 g/mol. The zero-order valence-electron chi connectivity index (χ0n) is 9.40. The first-order valence-electron chi connectivity index (χ1n) is 5.29. The molecule has 0 radical (unpaired) electrons. The molecule has 1 atom stereocenters. The van der Waals surface area contributed by atoms with Crippen LogP contribution < -0.4 is 5.32 Å². The zero-order valence-corrected chi connectivity index (χ0v) is 9.40. The second-order valence-electron chi connectivity index (χ2n) is 3.88. The summed E-state index contributed by atoms with van der Waals surface area (Å²) in [4.78, 5) is 0. The van der Waals surface area contributed by atoms with Crippen molar-refractivity contribution in [2.75, 3.05) is 13.1 Å². The van der Waals surface area contributed by atoms with Crippen molar-refractivity contribution < 1.29 is 5.11 Å². The topological polar surface area (TPSA) is 32.3 Å². The smallest absolute Gasteiger partial charge is 0.0636 e. The van der Waals surface area contributed by atoms with E-state index in [-0.39, 0.29) is 6.10 Å². The summed E-state index contributed by atoms with van der Waals surface area (Å²) in [6.07, 6.45) is 1.87. The largest absolute Gasteiger partial charge is 0.392 e. The molecule has 15 heavy (non-hydrogen) atoms. The van der Waals surface area contributed by atoms with Gasteiger partial charge < -0.3 is 10.4 Å². The minimum Gasteiger partial charge on any atom is -0.392 e. The van der Waals surface area contributed by atoms with Crippen molar-refractivity contribution in [3.63, 3.8) is 0 Å². The number of rotatable bonds is 5. The predicted octanol–water partition coefficient (Wildman–Crippen LogP) is 2.06. The Morgan fingerprint density at radius 2 is 2.07 bits per heavy atom. The molecule has 82 valence electrons. The molecule has 0 fully saturated rings. The lowest BCUT2D eigenvalue weighted by atomic mass is 10.1. The van der Waals surface area contributed by atoms with Gasteiger partial charge in [-0.05, 0) is 19.4 Å². The summed E-state index contributed by atoms with van der Waals surface area (Å²) in [6.45, 7) is 5.32. The van der Waals surface area contributed by atoms with E-state index < -0.39 is 0 Å². The van der Waals surface area contributed by atoms with Crippen molar-refractivity contribution >= 4 is 6.08 Å². The molecule has 0 aliphatic rings. The van der Waals surface area contributed by atoms with E-state index in [0.29, 0.717) is 6.54 Å². The molecule has 0 spiro atoms. The molecule has 0 saturated carbocycles. The molecule has 2 heteroatoms. The summed E-state index contributed by atoms with van der Waals surface area (Å²) in [6, 6.07) is 10.2. The van der Waals surface area contributed by atoms with Crippen LogP contribution in [0.4, 0.5) is 0 Å². The maximum atomic E-state index is 9.07. The number of hydrogen-bond acceptors (Lipinski definition) is 2. The number of hydrogen-bond donors (Lipinski definition) is 2. The molecule has 2 N–H and O–H groups in total. The highest BCUT2D eigenvalue weighted by Gasteiger charge is 1.95. The zero-order chi connectivity index (χ0) is 11.1. The van der Waals surface area contributed by atoms with Gasteiger partial charge in [0.15, 0.2) is 0 Å². The fourth-order valence-corrected chi connectivity index (χ4v) is 1.36. The molecular weight excluding hydrogens is 186 g/mol. The van der Waals surface area contributed by atoms with Crippen LogP contribution in [0.3, 0.4) is 0 Å². The van der Waals surface area contributed by atoms with Crippen LogP contribution in [0.1, 0.15) is 19.4 Å². The van der Waals surface area contributed by atoms with Crippen LogP contribution >= 0.6 is 0 Å². The van der Waals surface area contributed by atoms with Gasteiger partial charge in [0.2, 0.25) is 0 Å². The molecule has 2 nitrogen and oxygen atoms in total. The Bertz CT molecular complexity index is 304. The van der Waals surface area contributed by atoms with Gasteiger partial charge in [-0.25, -0.2) is 0 Å². The summed E-state index contributed by atoms with van der Waals surface area (Å²) in [7, 11) is 0. The van der Waals surface area contributed by atoms with Crippen LogP contribution in [0.2, 0.25) is 0 Å². The third-order valence-electron chi connectivity index (χ3n) is 2.06. The molecule has 0 amide bonds. The number of aliphatic hydroxyl groups excluding tert-OH is 1. The highest BCUT2D eigenvalue weighted by atomic mass is 16.3. The normalized spacial score (nSPS) is 13.9. The maximum absolute atomic E-state index is 9.07. The van der Waals surface area contributed by atoms with Gasteiger partial charge in [-0.2, -0.15) is 0 Å². The lowest BCUT2D eigenvalue weighted by Gasteiger charge is -2.06.